The van der Waals surface area contributed by atoms with Crippen molar-refractivity contribution in [2.75, 3.05) is 29.5 Å². The summed E-state index contributed by atoms with van der Waals surface area (Å²) in [5, 5.41) is 2.35. The normalized spacial score (nSPS) is 14.2. The second-order valence-corrected chi connectivity index (χ2v) is 11.1. The van der Waals surface area contributed by atoms with E-state index < -0.39 is 33.2 Å². The number of nitrogens with zero attached hydrogens (tertiary/aromatic N) is 1. The highest BCUT2D eigenvalue weighted by molar-refractivity contribution is 7.92. The van der Waals surface area contributed by atoms with Gasteiger partial charge in [0.05, 0.1) is 29.8 Å². The third-order valence-electron chi connectivity index (χ3n) is 5.15. The zero-order chi connectivity index (χ0) is 26.1. The fraction of sp³-hybridized carbons (Fsp3) is 0.333. The molecular formula is C24H25ClFN3O5S. The Labute approximate surface area is 208 Å². The Morgan fingerprint density at radius 1 is 1.20 bits per heavy atom. The summed E-state index contributed by atoms with van der Waals surface area (Å²) in [5.41, 5.74) is 0.607. The van der Waals surface area contributed by atoms with Gasteiger partial charge in [-0.2, -0.15) is 0 Å². The lowest BCUT2D eigenvalue weighted by Gasteiger charge is -2.30. The van der Waals surface area contributed by atoms with E-state index in [1.807, 2.05) is 20.8 Å². The Balaban J connectivity index is 2.16. The van der Waals surface area contributed by atoms with E-state index in [1.54, 1.807) is 0 Å². The predicted octanol–water partition coefficient (Wildman–Crippen LogP) is 4.00. The minimum absolute atomic E-state index is 0.0188. The molecule has 1 saturated heterocycles. The molecule has 0 radical (unpaired) electrons. The van der Waals surface area contributed by atoms with Crippen molar-refractivity contribution in [2.24, 2.45) is 0 Å². The molecule has 3 rings (SSSR count). The summed E-state index contributed by atoms with van der Waals surface area (Å²) >= 11 is 6.27. The maximum absolute atomic E-state index is 15.8. The first-order valence-electron chi connectivity index (χ1n) is 10.5. The summed E-state index contributed by atoms with van der Waals surface area (Å²) in [5.74, 6) is 4.59. The third kappa shape index (κ3) is 6.05. The zero-order valence-electron chi connectivity index (χ0n) is 19.9. The van der Waals surface area contributed by atoms with E-state index in [0.29, 0.717) is 11.1 Å². The number of sulfonamides is 1. The standard InChI is InChI=1S/C24H25ClFN3O5S/c1-24(2,3)17-13-19(29-11-10-20(30)27-23(29)31)21(26)16(22(17)34-4)9-7-14-6-8-15(12-18(14)25)28-35(5,32)33/h6,8,12-13,28H,10-11H2,1-5H3,(H,27,30,31). The Bertz CT molecular complexity index is 1370. The Hall–Kier alpha value is -3.29. The topological polar surface area (TPSA) is 105 Å². The molecule has 8 nitrogen and oxygen atoms in total. The number of urea groups is 1. The fourth-order valence-electron chi connectivity index (χ4n) is 3.52. The first-order chi connectivity index (χ1) is 16.2. The molecule has 2 N–H and O–H groups in total. The highest BCUT2D eigenvalue weighted by Crippen LogP contribution is 2.40. The van der Waals surface area contributed by atoms with E-state index in [-0.39, 0.29) is 40.7 Å². The molecule has 35 heavy (non-hydrogen) atoms. The van der Waals surface area contributed by atoms with Crippen LogP contribution in [0.15, 0.2) is 24.3 Å². The van der Waals surface area contributed by atoms with Crippen molar-refractivity contribution in [3.05, 3.63) is 51.8 Å². The lowest BCUT2D eigenvalue weighted by molar-refractivity contribution is -0.120. The molecule has 0 saturated carbocycles. The van der Waals surface area contributed by atoms with Gasteiger partial charge in [0.1, 0.15) is 11.3 Å². The molecule has 2 aromatic carbocycles. The van der Waals surface area contributed by atoms with E-state index in [0.717, 1.165) is 11.2 Å². The number of carbonyl (C=O) groups is 2. The van der Waals surface area contributed by atoms with Crippen LogP contribution >= 0.6 is 11.6 Å². The molecule has 0 bridgehead atoms. The van der Waals surface area contributed by atoms with Crippen LogP contribution in [0.1, 0.15) is 43.9 Å². The molecule has 1 heterocycles. The molecule has 1 fully saturated rings. The molecule has 0 aromatic heterocycles. The van der Waals surface area contributed by atoms with E-state index in [1.165, 1.54) is 31.4 Å². The number of rotatable bonds is 4. The number of anilines is 2. The lowest BCUT2D eigenvalue weighted by atomic mass is 9.84. The largest absolute Gasteiger partial charge is 0.495 e. The molecular weight excluding hydrogens is 497 g/mol. The molecule has 3 amide bonds. The van der Waals surface area contributed by atoms with Gasteiger partial charge in [-0.3, -0.25) is 19.7 Å². The van der Waals surface area contributed by atoms with Gasteiger partial charge in [0.2, 0.25) is 15.9 Å². The molecule has 11 heteroatoms. The van der Waals surface area contributed by atoms with Crippen LogP contribution < -0.4 is 19.7 Å². The summed E-state index contributed by atoms with van der Waals surface area (Å²) < 4.78 is 46.5. The van der Waals surface area contributed by atoms with Crippen molar-refractivity contribution in [1.82, 2.24) is 5.32 Å². The van der Waals surface area contributed by atoms with Crippen molar-refractivity contribution in [3.8, 4) is 17.6 Å². The van der Waals surface area contributed by atoms with Crippen LogP contribution in [0.2, 0.25) is 5.02 Å². The molecule has 0 unspecified atom stereocenters. The van der Waals surface area contributed by atoms with Gasteiger partial charge in [-0.15, -0.1) is 0 Å². The molecule has 0 atom stereocenters. The van der Waals surface area contributed by atoms with Crippen LogP contribution in [0.3, 0.4) is 0 Å². The fourth-order valence-corrected chi connectivity index (χ4v) is 4.31. The number of methoxy groups -OCH3 is 1. The number of imide groups is 1. The van der Waals surface area contributed by atoms with E-state index in [2.05, 4.69) is 21.9 Å². The average molecular weight is 522 g/mol. The van der Waals surface area contributed by atoms with E-state index in [9.17, 15) is 18.0 Å². The van der Waals surface area contributed by atoms with Crippen molar-refractivity contribution >= 4 is 44.9 Å². The number of carbonyl (C=O) groups excluding carboxylic acids is 2. The molecule has 0 aliphatic carbocycles. The average Bonchev–Trinajstić information content (AvgIpc) is 2.72. The van der Waals surface area contributed by atoms with Crippen LogP contribution in [0.5, 0.6) is 5.75 Å². The van der Waals surface area contributed by atoms with Gasteiger partial charge in [-0.05, 0) is 29.7 Å². The van der Waals surface area contributed by atoms with Crippen LogP contribution in [0.4, 0.5) is 20.6 Å². The number of nitrogens with one attached hydrogen (secondary N) is 2. The number of halogens is 2. The smallest absolute Gasteiger partial charge is 0.328 e. The second-order valence-electron chi connectivity index (χ2n) is 8.99. The quantitative estimate of drug-likeness (QED) is 0.592. The van der Waals surface area contributed by atoms with Crippen LogP contribution in [-0.4, -0.2) is 40.3 Å². The minimum atomic E-state index is -3.49. The summed E-state index contributed by atoms with van der Waals surface area (Å²) in [7, 11) is -2.09. The zero-order valence-corrected chi connectivity index (χ0v) is 21.4. The Kier molecular flexibility index (Phi) is 7.34. The number of ether oxygens (including phenoxy) is 1. The van der Waals surface area contributed by atoms with E-state index in [4.69, 9.17) is 16.3 Å². The van der Waals surface area contributed by atoms with Crippen molar-refractivity contribution in [1.29, 1.82) is 0 Å². The predicted molar refractivity (Wildman–Crippen MR) is 133 cm³/mol. The van der Waals surface area contributed by atoms with Gasteiger partial charge in [-0.1, -0.05) is 44.2 Å². The number of hydrogen-bond donors (Lipinski definition) is 2. The van der Waals surface area contributed by atoms with Gasteiger partial charge in [0.25, 0.3) is 0 Å². The minimum Gasteiger partial charge on any atom is -0.495 e. The Morgan fingerprint density at radius 3 is 2.43 bits per heavy atom. The van der Waals surface area contributed by atoms with Gasteiger partial charge in [-0.25, -0.2) is 17.6 Å². The second kappa shape index (κ2) is 9.76. The van der Waals surface area contributed by atoms with Crippen molar-refractivity contribution in [2.45, 2.75) is 32.6 Å². The van der Waals surface area contributed by atoms with Crippen molar-refractivity contribution < 1.29 is 27.1 Å². The molecule has 0 spiro atoms. The van der Waals surface area contributed by atoms with Crippen LogP contribution in [0, 0.1) is 17.7 Å². The summed E-state index contributed by atoms with van der Waals surface area (Å²) in [6.45, 7) is 5.75. The third-order valence-corrected chi connectivity index (χ3v) is 6.07. The van der Waals surface area contributed by atoms with Crippen molar-refractivity contribution in [3.63, 3.8) is 0 Å². The molecule has 186 valence electrons. The summed E-state index contributed by atoms with van der Waals surface area (Å²) in [6, 6.07) is 5.20. The number of hydrogen-bond acceptors (Lipinski definition) is 5. The van der Waals surface area contributed by atoms with Crippen LogP contribution in [0.25, 0.3) is 0 Å². The summed E-state index contributed by atoms with van der Waals surface area (Å²) in [6.07, 6.45) is 1.05. The first-order valence-corrected chi connectivity index (χ1v) is 12.8. The van der Waals surface area contributed by atoms with Crippen LogP contribution in [-0.2, 0) is 20.2 Å². The van der Waals surface area contributed by atoms with Gasteiger partial charge >= 0.3 is 6.03 Å². The monoisotopic (exact) mass is 521 g/mol. The maximum Gasteiger partial charge on any atom is 0.328 e. The first kappa shape index (κ1) is 26.3. The number of benzene rings is 2. The molecule has 2 aromatic rings. The Morgan fingerprint density at radius 2 is 1.89 bits per heavy atom. The van der Waals surface area contributed by atoms with Gasteiger partial charge in [0.15, 0.2) is 5.82 Å². The number of amides is 3. The highest BCUT2D eigenvalue weighted by atomic mass is 35.5. The van der Waals surface area contributed by atoms with Gasteiger partial charge in [0, 0.05) is 24.1 Å². The highest BCUT2D eigenvalue weighted by Gasteiger charge is 2.32. The maximum atomic E-state index is 15.8. The summed E-state index contributed by atoms with van der Waals surface area (Å²) in [4.78, 5) is 25.2. The lowest BCUT2D eigenvalue weighted by Crippen LogP contribution is -2.50. The van der Waals surface area contributed by atoms with E-state index >= 15 is 4.39 Å². The van der Waals surface area contributed by atoms with Gasteiger partial charge < -0.3 is 4.74 Å². The molecule has 1 aliphatic rings. The SMILES string of the molecule is COc1c(C(C)(C)C)cc(N2CCC(=O)NC2=O)c(F)c1C#Cc1ccc(NS(C)(=O)=O)cc1Cl. The molecule has 1 aliphatic heterocycles.